The van der Waals surface area contributed by atoms with E-state index in [1.54, 1.807) is 0 Å². The Bertz CT molecular complexity index is 348. The van der Waals surface area contributed by atoms with Crippen molar-refractivity contribution in [1.29, 1.82) is 0 Å². The van der Waals surface area contributed by atoms with Gasteiger partial charge in [-0.1, -0.05) is 6.92 Å². The number of piperidine rings is 1. The van der Waals surface area contributed by atoms with Crippen LogP contribution >= 0.6 is 35.7 Å². The number of thioether (sulfide) groups is 1. The summed E-state index contributed by atoms with van der Waals surface area (Å²) in [5, 5.41) is 7.62. The van der Waals surface area contributed by atoms with E-state index in [9.17, 15) is 0 Å². The van der Waals surface area contributed by atoms with E-state index in [0.29, 0.717) is 0 Å². The van der Waals surface area contributed by atoms with Gasteiger partial charge < -0.3 is 15.5 Å². The standard InChI is InChI=1S/C18H36N4S.HI/c1-3-19-18(21-14-17-9-7-13-23-17)20-10-4-5-11-22-12-6-8-16(2)15-22;/h16-17H,3-15H2,1-2H3,(H2,19,20,21);1H. The van der Waals surface area contributed by atoms with Crippen LogP contribution in [0, 0.1) is 5.92 Å². The molecule has 2 aliphatic rings. The van der Waals surface area contributed by atoms with Gasteiger partial charge in [-0.15, -0.1) is 24.0 Å². The lowest BCUT2D eigenvalue weighted by Crippen LogP contribution is -2.39. The summed E-state index contributed by atoms with van der Waals surface area (Å²) in [6.07, 6.45) is 8.02. The quantitative estimate of drug-likeness (QED) is 0.247. The summed E-state index contributed by atoms with van der Waals surface area (Å²) in [5.74, 6) is 3.22. The minimum absolute atomic E-state index is 0. The van der Waals surface area contributed by atoms with Gasteiger partial charge in [0.25, 0.3) is 0 Å². The Hall–Kier alpha value is 0.310. The Morgan fingerprint density at radius 2 is 2.08 bits per heavy atom. The molecule has 0 aromatic carbocycles. The van der Waals surface area contributed by atoms with Crippen LogP contribution in [0.3, 0.4) is 0 Å². The molecule has 0 bridgehead atoms. The first-order valence-electron chi connectivity index (χ1n) is 9.64. The molecule has 24 heavy (non-hydrogen) atoms. The normalized spacial score (nSPS) is 25.3. The first-order chi connectivity index (χ1) is 11.3. The molecule has 2 aliphatic heterocycles. The fourth-order valence-corrected chi connectivity index (χ4v) is 4.66. The highest BCUT2D eigenvalue weighted by Crippen LogP contribution is 2.25. The smallest absolute Gasteiger partial charge is 0.191 e. The van der Waals surface area contributed by atoms with Crippen molar-refractivity contribution in [2.45, 2.75) is 57.6 Å². The third-order valence-corrected chi connectivity index (χ3v) is 6.14. The Kier molecular flexibility index (Phi) is 12.6. The van der Waals surface area contributed by atoms with E-state index < -0.39 is 0 Å². The number of likely N-dealkylation sites (tertiary alicyclic amines) is 1. The number of hydrogen-bond donors (Lipinski definition) is 2. The minimum Gasteiger partial charge on any atom is -0.357 e. The molecule has 4 nitrogen and oxygen atoms in total. The number of nitrogens with zero attached hydrogens (tertiary/aromatic N) is 2. The van der Waals surface area contributed by atoms with Gasteiger partial charge in [-0.2, -0.15) is 11.8 Å². The lowest BCUT2D eigenvalue weighted by Gasteiger charge is -2.30. The second kappa shape index (κ2) is 13.5. The fourth-order valence-electron chi connectivity index (χ4n) is 3.48. The highest BCUT2D eigenvalue weighted by molar-refractivity contribution is 14.0. The van der Waals surface area contributed by atoms with E-state index in [1.807, 2.05) is 0 Å². The number of guanidine groups is 1. The van der Waals surface area contributed by atoms with E-state index in [2.05, 4.69) is 41.1 Å². The third-order valence-electron chi connectivity index (χ3n) is 4.76. The van der Waals surface area contributed by atoms with E-state index in [1.165, 1.54) is 63.9 Å². The van der Waals surface area contributed by atoms with E-state index in [4.69, 9.17) is 4.99 Å². The van der Waals surface area contributed by atoms with Crippen LogP contribution in [0.25, 0.3) is 0 Å². The molecule has 2 fully saturated rings. The van der Waals surface area contributed by atoms with Crippen molar-refractivity contribution in [2.75, 3.05) is 45.0 Å². The molecule has 6 heteroatoms. The van der Waals surface area contributed by atoms with Gasteiger partial charge in [0.1, 0.15) is 0 Å². The molecule has 0 saturated carbocycles. The topological polar surface area (TPSA) is 39.7 Å². The predicted octanol–water partition coefficient (Wildman–Crippen LogP) is 3.57. The fraction of sp³-hybridized carbons (Fsp3) is 0.944. The van der Waals surface area contributed by atoms with Crippen LogP contribution in [0.5, 0.6) is 0 Å². The number of unbranched alkanes of at least 4 members (excludes halogenated alkanes) is 1. The second-order valence-corrected chi connectivity index (χ2v) is 8.44. The Balaban J connectivity index is 0.00000288. The van der Waals surface area contributed by atoms with Crippen LogP contribution in [0.4, 0.5) is 0 Å². The zero-order chi connectivity index (χ0) is 16.3. The molecule has 2 N–H and O–H groups in total. The van der Waals surface area contributed by atoms with Crippen molar-refractivity contribution in [3.05, 3.63) is 0 Å². The number of nitrogens with one attached hydrogen (secondary N) is 2. The largest absolute Gasteiger partial charge is 0.357 e. The zero-order valence-corrected chi connectivity index (χ0v) is 18.7. The zero-order valence-electron chi connectivity index (χ0n) is 15.6. The average Bonchev–Trinajstić information content (AvgIpc) is 3.05. The monoisotopic (exact) mass is 468 g/mol. The van der Waals surface area contributed by atoms with Crippen molar-refractivity contribution in [1.82, 2.24) is 15.5 Å². The summed E-state index contributed by atoms with van der Waals surface area (Å²) in [7, 11) is 0. The van der Waals surface area contributed by atoms with E-state index >= 15 is 0 Å². The first kappa shape index (κ1) is 22.4. The Morgan fingerprint density at radius 1 is 1.21 bits per heavy atom. The highest BCUT2D eigenvalue weighted by atomic mass is 127. The predicted molar refractivity (Wildman–Crippen MR) is 119 cm³/mol. The summed E-state index contributed by atoms with van der Waals surface area (Å²) >= 11 is 2.08. The summed E-state index contributed by atoms with van der Waals surface area (Å²) < 4.78 is 0. The molecule has 0 radical (unpaired) electrons. The number of aliphatic imine (C=N–C) groups is 1. The van der Waals surface area contributed by atoms with Gasteiger partial charge in [0.15, 0.2) is 5.96 Å². The number of rotatable bonds is 8. The summed E-state index contributed by atoms with van der Waals surface area (Å²) in [4.78, 5) is 7.40. The molecular weight excluding hydrogens is 431 g/mol. The molecule has 2 saturated heterocycles. The molecule has 0 amide bonds. The molecule has 0 spiro atoms. The van der Waals surface area contributed by atoms with Crippen molar-refractivity contribution in [2.24, 2.45) is 10.9 Å². The summed E-state index contributed by atoms with van der Waals surface area (Å²) in [6.45, 7) is 11.3. The lowest BCUT2D eigenvalue weighted by atomic mass is 10.0. The van der Waals surface area contributed by atoms with Crippen LogP contribution in [0.1, 0.15) is 52.4 Å². The highest BCUT2D eigenvalue weighted by Gasteiger charge is 2.16. The van der Waals surface area contributed by atoms with Crippen molar-refractivity contribution in [3.63, 3.8) is 0 Å². The maximum Gasteiger partial charge on any atom is 0.191 e. The minimum atomic E-state index is 0. The molecule has 142 valence electrons. The second-order valence-electron chi connectivity index (χ2n) is 7.04. The van der Waals surface area contributed by atoms with Gasteiger partial charge >= 0.3 is 0 Å². The van der Waals surface area contributed by atoms with Crippen LogP contribution in [-0.4, -0.2) is 61.1 Å². The molecule has 2 rings (SSSR count). The van der Waals surface area contributed by atoms with Gasteiger partial charge in [0.2, 0.25) is 0 Å². The average molecular weight is 468 g/mol. The van der Waals surface area contributed by atoms with Crippen LogP contribution in [-0.2, 0) is 0 Å². The SMILES string of the molecule is CCNC(=NCC1CCCS1)NCCCCN1CCCC(C)C1.I. The first-order valence-corrected chi connectivity index (χ1v) is 10.7. The molecule has 0 aliphatic carbocycles. The van der Waals surface area contributed by atoms with E-state index in [-0.39, 0.29) is 24.0 Å². The van der Waals surface area contributed by atoms with Gasteiger partial charge in [0.05, 0.1) is 6.54 Å². The number of hydrogen-bond acceptors (Lipinski definition) is 3. The Morgan fingerprint density at radius 3 is 2.79 bits per heavy atom. The van der Waals surface area contributed by atoms with E-state index in [0.717, 1.165) is 36.8 Å². The Labute approximate surface area is 170 Å². The van der Waals surface area contributed by atoms with Crippen LogP contribution < -0.4 is 10.6 Å². The molecular formula is C18H37IN4S. The molecule has 0 aromatic heterocycles. The maximum atomic E-state index is 4.76. The lowest BCUT2D eigenvalue weighted by molar-refractivity contribution is 0.181. The van der Waals surface area contributed by atoms with Crippen molar-refractivity contribution in [3.8, 4) is 0 Å². The summed E-state index contributed by atoms with van der Waals surface area (Å²) in [6, 6.07) is 0. The molecule has 0 aromatic rings. The molecule has 2 atom stereocenters. The van der Waals surface area contributed by atoms with Crippen LogP contribution in [0.2, 0.25) is 0 Å². The van der Waals surface area contributed by atoms with Gasteiger partial charge in [-0.3, -0.25) is 4.99 Å². The van der Waals surface area contributed by atoms with Crippen molar-refractivity contribution >= 4 is 41.7 Å². The van der Waals surface area contributed by atoms with Crippen LogP contribution in [0.15, 0.2) is 4.99 Å². The van der Waals surface area contributed by atoms with Gasteiger partial charge in [-0.05, 0) is 70.2 Å². The maximum absolute atomic E-state index is 4.76. The summed E-state index contributed by atoms with van der Waals surface area (Å²) in [5.41, 5.74) is 0. The van der Waals surface area contributed by atoms with Gasteiger partial charge in [0, 0.05) is 24.9 Å². The van der Waals surface area contributed by atoms with Crippen molar-refractivity contribution < 1.29 is 0 Å². The number of halogens is 1. The van der Waals surface area contributed by atoms with Gasteiger partial charge in [-0.25, -0.2) is 0 Å². The third kappa shape index (κ3) is 9.13. The molecule has 2 heterocycles. The molecule has 2 unspecified atom stereocenters.